The molecule has 0 spiro atoms. The molecule has 20 heavy (non-hydrogen) atoms. The second kappa shape index (κ2) is 8.29. The van der Waals surface area contributed by atoms with Crippen molar-refractivity contribution in [1.29, 1.82) is 0 Å². The van der Waals surface area contributed by atoms with Gasteiger partial charge in [-0.15, -0.1) is 24.0 Å². The van der Waals surface area contributed by atoms with Crippen molar-refractivity contribution in [3.05, 3.63) is 47.5 Å². The number of aryl methyl sites for hydroxylation is 1. The molecule has 0 aliphatic rings. The third kappa shape index (κ3) is 6.41. The van der Waals surface area contributed by atoms with Gasteiger partial charge in [0, 0.05) is 12.0 Å². The molecular weight excluding hydrogens is 361 g/mol. The van der Waals surface area contributed by atoms with Gasteiger partial charge in [0.15, 0.2) is 5.96 Å². The fourth-order valence-electron chi connectivity index (χ4n) is 1.74. The average Bonchev–Trinajstić information content (AvgIpc) is 2.34. The Balaban J connectivity index is 0.00000361. The van der Waals surface area contributed by atoms with Gasteiger partial charge in [0.1, 0.15) is 0 Å². The summed E-state index contributed by atoms with van der Waals surface area (Å²) in [6.07, 6.45) is 0. The van der Waals surface area contributed by atoms with Crippen molar-refractivity contribution in [2.75, 3.05) is 13.1 Å². The molecule has 0 saturated heterocycles. The number of nitrogens with one attached hydrogen (secondary N) is 1. The molecule has 0 aliphatic carbocycles. The monoisotopic (exact) mass is 387 g/mol. The zero-order chi connectivity index (χ0) is 14.5. The Morgan fingerprint density at radius 2 is 2.05 bits per heavy atom. The number of benzene rings is 1. The summed E-state index contributed by atoms with van der Waals surface area (Å²) in [7, 11) is 0. The van der Waals surface area contributed by atoms with Crippen LogP contribution in [0.25, 0.3) is 0 Å². The van der Waals surface area contributed by atoms with Crippen LogP contribution in [0.3, 0.4) is 0 Å². The predicted octanol–water partition coefficient (Wildman–Crippen LogP) is 3.37. The maximum atomic E-state index is 5.83. The van der Waals surface area contributed by atoms with E-state index in [9.17, 15) is 0 Å². The van der Waals surface area contributed by atoms with Gasteiger partial charge in [-0.3, -0.25) is 4.99 Å². The molecule has 1 aromatic rings. The number of halogens is 1. The number of hydrogen-bond acceptors (Lipinski definition) is 1. The molecule has 0 amide bonds. The summed E-state index contributed by atoms with van der Waals surface area (Å²) in [6, 6.07) is 8.53. The summed E-state index contributed by atoms with van der Waals surface area (Å²) < 4.78 is 0. The van der Waals surface area contributed by atoms with E-state index in [0.717, 1.165) is 5.57 Å². The summed E-state index contributed by atoms with van der Waals surface area (Å²) >= 11 is 0. The average molecular weight is 387 g/mol. The van der Waals surface area contributed by atoms with Crippen molar-refractivity contribution >= 4 is 29.9 Å². The highest BCUT2D eigenvalue weighted by Gasteiger charge is 2.20. The fourth-order valence-corrected chi connectivity index (χ4v) is 1.74. The highest BCUT2D eigenvalue weighted by Crippen LogP contribution is 2.24. The van der Waals surface area contributed by atoms with E-state index in [2.05, 4.69) is 61.9 Å². The lowest BCUT2D eigenvalue weighted by atomic mass is 9.84. The van der Waals surface area contributed by atoms with Gasteiger partial charge < -0.3 is 11.1 Å². The fraction of sp³-hybridized carbons (Fsp3) is 0.438. The van der Waals surface area contributed by atoms with Gasteiger partial charge in [-0.1, -0.05) is 55.8 Å². The smallest absolute Gasteiger partial charge is 0.188 e. The van der Waals surface area contributed by atoms with Crippen LogP contribution >= 0.6 is 24.0 Å². The molecule has 0 aromatic heterocycles. The molecular formula is C16H26IN3. The topological polar surface area (TPSA) is 50.4 Å². The first-order chi connectivity index (χ1) is 8.81. The highest BCUT2D eigenvalue weighted by molar-refractivity contribution is 14.0. The number of nitrogens with zero attached hydrogens (tertiary/aromatic N) is 1. The summed E-state index contributed by atoms with van der Waals surface area (Å²) in [5, 5.41) is 3.05. The minimum atomic E-state index is -0.0262. The van der Waals surface area contributed by atoms with Gasteiger partial charge >= 0.3 is 0 Å². The summed E-state index contributed by atoms with van der Waals surface area (Å²) in [5.41, 5.74) is 9.39. The van der Waals surface area contributed by atoms with E-state index in [4.69, 9.17) is 5.73 Å². The molecule has 0 bridgehead atoms. The van der Waals surface area contributed by atoms with Crippen LogP contribution in [0.4, 0.5) is 0 Å². The zero-order valence-electron chi connectivity index (χ0n) is 12.9. The van der Waals surface area contributed by atoms with Crippen molar-refractivity contribution in [3.8, 4) is 0 Å². The molecule has 0 saturated carbocycles. The van der Waals surface area contributed by atoms with E-state index < -0.39 is 0 Å². The van der Waals surface area contributed by atoms with E-state index in [0.29, 0.717) is 19.0 Å². The van der Waals surface area contributed by atoms with Crippen LogP contribution in [0.2, 0.25) is 0 Å². The maximum Gasteiger partial charge on any atom is 0.188 e. The lowest BCUT2D eigenvalue weighted by molar-refractivity contribution is 0.538. The van der Waals surface area contributed by atoms with Crippen LogP contribution in [0, 0.1) is 6.92 Å². The first-order valence-corrected chi connectivity index (χ1v) is 6.56. The molecule has 3 N–H and O–H groups in total. The number of aliphatic imine (C=N–C) groups is 1. The predicted molar refractivity (Wildman–Crippen MR) is 98.9 cm³/mol. The van der Waals surface area contributed by atoms with Crippen LogP contribution in [-0.2, 0) is 5.41 Å². The Kier molecular flexibility index (Phi) is 7.86. The minimum Gasteiger partial charge on any atom is -0.370 e. The lowest BCUT2D eigenvalue weighted by Crippen LogP contribution is -2.34. The van der Waals surface area contributed by atoms with Crippen LogP contribution in [0.15, 0.2) is 41.4 Å². The van der Waals surface area contributed by atoms with E-state index in [1.807, 2.05) is 6.92 Å². The summed E-state index contributed by atoms with van der Waals surface area (Å²) in [5.74, 6) is 0.476. The Morgan fingerprint density at radius 3 is 2.60 bits per heavy atom. The summed E-state index contributed by atoms with van der Waals surface area (Å²) in [4.78, 5) is 4.42. The Labute approximate surface area is 139 Å². The first kappa shape index (κ1) is 19.0. The molecule has 0 unspecified atom stereocenters. The largest absolute Gasteiger partial charge is 0.370 e. The normalized spacial score (nSPS) is 11.7. The number of guanidine groups is 1. The highest BCUT2D eigenvalue weighted by atomic mass is 127. The van der Waals surface area contributed by atoms with Crippen molar-refractivity contribution in [1.82, 2.24) is 5.32 Å². The second-order valence-corrected chi connectivity index (χ2v) is 5.77. The van der Waals surface area contributed by atoms with E-state index >= 15 is 0 Å². The molecule has 0 heterocycles. The zero-order valence-corrected chi connectivity index (χ0v) is 15.2. The molecule has 3 nitrogen and oxygen atoms in total. The summed E-state index contributed by atoms with van der Waals surface area (Å²) in [6.45, 7) is 13.6. The molecule has 1 rings (SSSR count). The van der Waals surface area contributed by atoms with Crippen LogP contribution in [0.5, 0.6) is 0 Å². The number of hydrogen-bond donors (Lipinski definition) is 2. The molecule has 0 atom stereocenters. The first-order valence-electron chi connectivity index (χ1n) is 6.56. The third-order valence-electron chi connectivity index (χ3n) is 3.02. The maximum absolute atomic E-state index is 5.83. The molecule has 0 fully saturated rings. The van der Waals surface area contributed by atoms with E-state index in [1.54, 1.807) is 0 Å². The molecule has 1 aromatic carbocycles. The van der Waals surface area contributed by atoms with Crippen LogP contribution < -0.4 is 11.1 Å². The van der Waals surface area contributed by atoms with E-state index in [1.165, 1.54) is 11.1 Å². The van der Waals surface area contributed by atoms with Crippen LogP contribution in [0.1, 0.15) is 31.9 Å². The van der Waals surface area contributed by atoms with Gasteiger partial charge in [-0.2, -0.15) is 0 Å². The van der Waals surface area contributed by atoms with Gasteiger partial charge in [-0.05, 0) is 19.4 Å². The number of rotatable bonds is 5. The van der Waals surface area contributed by atoms with Gasteiger partial charge in [0.2, 0.25) is 0 Å². The quantitative estimate of drug-likeness (QED) is 0.352. The SMILES string of the molecule is C=C(C)CNC(N)=NCC(C)(C)c1cccc(C)c1.I. The van der Waals surface area contributed by atoms with Gasteiger partial charge in [0.05, 0.1) is 6.54 Å². The van der Waals surface area contributed by atoms with Crippen molar-refractivity contribution in [2.24, 2.45) is 10.7 Å². The molecule has 0 aliphatic heterocycles. The van der Waals surface area contributed by atoms with Crippen molar-refractivity contribution in [2.45, 2.75) is 33.1 Å². The third-order valence-corrected chi connectivity index (χ3v) is 3.02. The number of nitrogens with two attached hydrogens (primary N) is 1. The second-order valence-electron chi connectivity index (χ2n) is 5.77. The molecule has 4 heteroatoms. The molecule has 112 valence electrons. The van der Waals surface area contributed by atoms with Crippen molar-refractivity contribution in [3.63, 3.8) is 0 Å². The Hall–Kier alpha value is -1.04. The van der Waals surface area contributed by atoms with Gasteiger partial charge in [0.25, 0.3) is 0 Å². The minimum absolute atomic E-state index is 0. The van der Waals surface area contributed by atoms with E-state index in [-0.39, 0.29) is 29.4 Å². The van der Waals surface area contributed by atoms with Gasteiger partial charge in [-0.25, -0.2) is 0 Å². The molecule has 0 radical (unpaired) electrons. The van der Waals surface area contributed by atoms with Crippen molar-refractivity contribution < 1.29 is 0 Å². The Morgan fingerprint density at radius 1 is 1.40 bits per heavy atom. The Bertz CT molecular complexity index is 478. The van der Waals surface area contributed by atoms with Crippen LogP contribution in [-0.4, -0.2) is 19.0 Å². The lowest BCUT2D eigenvalue weighted by Gasteiger charge is -2.23. The standard InChI is InChI=1S/C16H25N3.HI/c1-12(2)10-18-15(17)19-11-16(4,5)14-8-6-7-13(3)9-14;/h6-9H,1,10-11H2,2-5H3,(H3,17,18,19);1H.